The summed E-state index contributed by atoms with van der Waals surface area (Å²) in [4.78, 5) is 11.0. The highest BCUT2D eigenvalue weighted by atomic mass is 16.4. The number of nitrogens with one attached hydrogen (secondary N) is 1. The molecule has 0 spiro atoms. The number of anilines is 1. The van der Waals surface area contributed by atoms with Gasteiger partial charge in [0.25, 0.3) is 0 Å². The molecule has 136 valence electrons. The van der Waals surface area contributed by atoms with E-state index in [0.29, 0.717) is 5.69 Å². The number of aromatic carboxylic acids is 1. The second-order valence-electron chi connectivity index (χ2n) is 6.65. The number of carbonyl (C=O) groups excluding carboxylic acids is 1. The first-order valence-corrected chi connectivity index (χ1v) is 9.80. The number of hydrogen-bond acceptors (Lipinski definition) is 3. The van der Waals surface area contributed by atoms with E-state index in [2.05, 4.69) is 12.2 Å². The normalized spacial score (nSPS) is 10.7. The molecule has 0 heterocycles. The lowest BCUT2D eigenvalue weighted by Gasteiger charge is -2.12. The second-order valence-corrected chi connectivity index (χ2v) is 6.65. The summed E-state index contributed by atoms with van der Waals surface area (Å²) in [5.74, 6) is -1.12. The Labute approximate surface area is 147 Å². The van der Waals surface area contributed by atoms with Crippen LogP contribution in [0, 0.1) is 0 Å². The van der Waals surface area contributed by atoms with E-state index in [0.717, 1.165) is 13.0 Å². The van der Waals surface area contributed by atoms with Crippen molar-refractivity contribution in [1.82, 2.24) is 0 Å². The van der Waals surface area contributed by atoms with E-state index >= 15 is 0 Å². The van der Waals surface area contributed by atoms with Gasteiger partial charge in [0.05, 0.1) is 5.97 Å². The van der Waals surface area contributed by atoms with Gasteiger partial charge >= 0.3 is 0 Å². The highest BCUT2D eigenvalue weighted by Gasteiger charge is 2.01. The first kappa shape index (κ1) is 20.5. The molecule has 0 saturated carbocycles. The fourth-order valence-corrected chi connectivity index (χ4v) is 3.00. The number of rotatable bonds is 15. The van der Waals surface area contributed by atoms with Gasteiger partial charge in [0.15, 0.2) is 0 Å². The fraction of sp³-hybridized carbons (Fsp3) is 0.667. The van der Waals surface area contributed by atoms with Crippen LogP contribution in [0.2, 0.25) is 0 Å². The van der Waals surface area contributed by atoms with Crippen LogP contribution in [0.5, 0.6) is 0 Å². The van der Waals surface area contributed by atoms with E-state index in [1.165, 1.54) is 70.6 Å². The quantitative estimate of drug-likeness (QED) is 0.451. The Morgan fingerprint density at radius 1 is 0.833 bits per heavy atom. The van der Waals surface area contributed by atoms with Gasteiger partial charge in [-0.3, -0.25) is 0 Å². The predicted molar refractivity (Wildman–Crippen MR) is 100 cm³/mol. The zero-order chi connectivity index (χ0) is 17.5. The summed E-state index contributed by atoms with van der Waals surface area (Å²) >= 11 is 0. The zero-order valence-electron chi connectivity index (χ0n) is 15.3. The molecule has 1 aromatic rings. The topological polar surface area (TPSA) is 52.2 Å². The lowest BCUT2D eigenvalue weighted by molar-refractivity contribution is -0.254. The molecule has 0 atom stereocenters. The smallest absolute Gasteiger partial charge is 0.0736 e. The van der Waals surface area contributed by atoms with Crippen molar-refractivity contribution in [3.8, 4) is 0 Å². The lowest BCUT2D eigenvalue weighted by Crippen LogP contribution is -2.23. The van der Waals surface area contributed by atoms with Crippen molar-refractivity contribution in [2.45, 2.75) is 84.0 Å². The molecular weight excluding hydrogens is 298 g/mol. The Kier molecular flexibility index (Phi) is 11.9. The number of benzene rings is 1. The van der Waals surface area contributed by atoms with E-state index in [1.807, 2.05) is 6.07 Å². The minimum atomic E-state index is -1.12. The zero-order valence-corrected chi connectivity index (χ0v) is 15.3. The van der Waals surface area contributed by atoms with Crippen LogP contribution < -0.4 is 10.4 Å². The van der Waals surface area contributed by atoms with Gasteiger partial charge in [-0.1, -0.05) is 95.8 Å². The maximum Gasteiger partial charge on any atom is 0.0736 e. The van der Waals surface area contributed by atoms with Crippen LogP contribution in [0.3, 0.4) is 0 Å². The van der Waals surface area contributed by atoms with E-state index in [1.54, 1.807) is 18.2 Å². The molecule has 1 rings (SSSR count). The number of carboxylic acid groups (broad SMARTS) is 1. The van der Waals surface area contributed by atoms with E-state index in [4.69, 9.17) is 0 Å². The molecular formula is C21H34NO2-. The van der Waals surface area contributed by atoms with Crippen LogP contribution in [0.25, 0.3) is 0 Å². The molecule has 3 nitrogen and oxygen atoms in total. The molecule has 24 heavy (non-hydrogen) atoms. The Bertz CT molecular complexity index is 445. The van der Waals surface area contributed by atoms with Crippen molar-refractivity contribution < 1.29 is 9.90 Å². The van der Waals surface area contributed by atoms with Crippen LogP contribution in [-0.4, -0.2) is 12.5 Å². The van der Waals surface area contributed by atoms with Gasteiger partial charge in [0.1, 0.15) is 0 Å². The summed E-state index contributed by atoms with van der Waals surface area (Å²) in [6, 6.07) is 6.95. The average Bonchev–Trinajstić information content (AvgIpc) is 2.59. The van der Waals surface area contributed by atoms with Crippen molar-refractivity contribution >= 4 is 11.7 Å². The number of hydrogen-bond donors (Lipinski definition) is 1. The molecule has 0 saturated heterocycles. The second kappa shape index (κ2) is 13.9. The van der Waals surface area contributed by atoms with Gasteiger partial charge in [0, 0.05) is 17.8 Å². The van der Waals surface area contributed by atoms with Gasteiger partial charge in [0.2, 0.25) is 0 Å². The Morgan fingerprint density at radius 3 is 1.88 bits per heavy atom. The first-order valence-electron chi connectivity index (χ1n) is 9.80. The average molecular weight is 333 g/mol. The fourth-order valence-electron chi connectivity index (χ4n) is 3.00. The summed E-state index contributed by atoms with van der Waals surface area (Å²) in [5.41, 5.74) is 0.914. The molecule has 0 aliphatic carbocycles. The maximum absolute atomic E-state index is 11.0. The molecule has 0 radical (unpaired) electrons. The molecule has 0 unspecified atom stereocenters. The van der Waals surface area contributed by atoms with Gasteiger partial charge in [-0.2, -0.15) is 0 Å². The predicted octanol–water partition coefficient (Wildman–Crippen LogP) is 5.16. The van der Waals surface area contributed by atoms with Crippen LogP contribution in [-0.2, 0) is 0 Å². The molecule has 0 aliphatic heterocycles. The molecule has 0 amide bonds. The maximum atomic E-state index is 11.0. The minimum absolute atomic E-state index is 0.247. The summed E-state index contributed by atoms with van der Waals surface area (Å²) in [7, 11) is 0. The van der Waals surface area contributed by atoms with Gasteiger partial charge in [-0.05, 0) is 12.5 Å². The first-order chi connectivity index (χ1) is 11.8. The third kappa shape index (κ3) is 9.59. The molecule has 3 heteroatoms. The van der Waals surface area contributed by atoms with Crippen molar-refractivity contribution in [3.63, 3.8) is 0 Å². The van der Waals surface area contributed by atoms with Crippen LogP contribution >= 0.6 is 0 Å². The summed E-state index contributed by atoms with van der Waals surface area (Å²) < 4.78 is 0. The number of para-hydroxylation sites is 1. The highest BCUT2D eigenvalue weighted by Crippen LogP contribution is 2.15. The Morgan fingerprint density at radius 2 is 1.33 bits per heavy atom. The SMILES string of the molecule is CCCCCCCCCCCCCCNc1ccccc1C(=O)[O-]. The van der Waals surface area contributed by atoms with Crippen molar-refractivity contribution in [2.24, 2.45) is 0 Å². The third-order valence-corrected chi connectivity index (χ3v) is 4.49. The molecule has 0 bridgehead atoms. The molecule has 1 aromatic carbocycles. The largest absolute Gasteiger partial charge is 0.545 e. The number of carbonyl (C=O) groups is 1. The molecule has 0 aliphatic rings. The summed E-state index contributed by atoms with van der Waals surface area (Å²) in [6.45, 7) is 3.08. The van der Waals surface area contributed by atoms with E-state index < -0.39 is 5.97 Å². The standard InChI is InChI=1S/C21H35NO2/c1-2-3-4-5-6-7-8-9-10-11-12-15-18-22-20-17-14-13-16-19(20)21(23)24/h13-14,16-17,22H,2-12,15,18H2,1H3,(H,23,24)/p-1. The van der Waals surface area contributed by atoms with E-state index in [9.17, 15) is 9.90 Å². The lowest BCUT2D eigenvalue weighted by atomic mass is 10.1. The number of unbranched alkanes of at least 4 members (excludes halogenated alkanes) is 11. The van der Waals surface area contributed by atoms with Gasteiger partial charge in [-0.25, -0.2) is 0 Å². The van der Waals surface area contributed by atoms with Crippen LogP contribution in [0.15, 0.2) is 24.3 Å². The third-order valence-electron chi connectivity index (χ3n) is 4.49. The monoisotopic (exact) mass is 332 g/mol. The molecule has 1 N–H and O–H groups in total. The van der Waals surface area contributed by atoms with Crippen molar-refractivity contribution in [2.75, 3.05) is 11.9 Å². The molecule has 0 fully saturated rings. The van der Waals surface area contributed by atoms with E-state index in [-0.39, 0.29) is 5.56 Å². The van der Waals surface area contributed by atoms with Crippen molar-refractivity contribution in [1.29, 1.82) is 0 Å². The van der Waals surface area contributed by atoms with Gasteiger partial charge < -0.3 is 15.2 Å². The van der Waals surface area contributed by atoms with Crippen molar-refractivity contribution in [3.05, 3.63) is 29.8 Å². The molecule has 0 aromatic heterocycles. The Balaban J connectivity index is 1.93. The number of carboxylic acids is 1. The van der Waals surface area contributed by atoms with Crippen LogP contribution in [0.4, 0.5) is 5.69 Å². The van der Waals surface area contributed by atoms with Crippen LogP contribution in [0.1, 0.15) is 94.3 Å². The van der Waals surface area contributed by atoms with Gasteiger partial charge in [-0.15, -0.1) is 0 Å². The minimum Gasteiger partial charge on any atom is -0.545 e. The summed E-state index contributed by atoms with van der Waals surface area (Å²) in [6.07, 6.45) is 16.0. The highest BCUT2D eigenvalue weighted by molar-refractivity contribution is 5.92. The Hall–Kier alpha value is -1.51. The summed E-state index contributed by atoms with van der Waals surface area (Å²) in [5, 5.41) is 14.2.